The third kappa shape index (κ3) is 11.8. The Hall–Kier alpha value is -4.47. The van der Waals surface area contributed by atoms with E-state index >= 15 is 0 Å². The summed E-state index contributed by atoms with van der Waals surface area (Å²) in [7, 11) is 0. The number of rotatable bonds is 2. The Labute approximate surface area is 214 Å². The van der Waals surface area contributed by atoms with E-state index in [0.29, 0.717) is 35.3 Å². The molecule has 0 fully saturated rings. The second kappa shape index (κ2) is 17.1. The van der Waals surface area contributed by atoms with Gasteiger partial charge < -0.3 is 33.1 Å². The van der Waals surface area contributed by atoms with Crippen LogP contribution in [-0.2, 0) is 16.8 Å². The number of hydrogen-bond donors (Lipinski definition) is 4. The van der Waals surface area contributed by atoms with Crippen LogP contribution in [0.15, 0.2) is 97.1 Å². The van der Waals surface area contributed by atoms with Crippen LogP contribution in [-0.4, -0.2) is 12.6 Å². The van der Waals surface area contributed by atoms with Gasteiger partial charge >= 0.3 is 16.8 Å². The molecular formula is C26H26CoN4O4. The van der Waals surface area contributed by atoms with E-state index in [0.717, 1.165) is 0 Å². The van der Waals surface area contributed by atoms with Crippen molar-refractivity contribution >= 4 is 35.3 Å². The van der Waals surface area contributed by atoms with Crippen molar-refractivity contribution in [2.24, 2.45) is 0 Å². The molecule has 0 aromatic heterocycles. The Kier molecular flexibility index (Phi) is 14.9. The molecule has 35 heavy (non-hydrogen) atoms. The molecule has 0 spiro atoms. The van der Waals surface area contributed by atoms with E-state index in [1.807, 2.05) is 24.3 Å². The zero-order valence-corrected chi connectivity index (χ0v) is 19.7. The Balaban J connectivity index is 0.000000437. The molecule has 183 valence electrons. The van der Waals surface area contributed by atoms with E-state index in [2.05, 4.69) is 0 Å². The monoisotopic (exact) mass is 517 g/mol. The maximum atomic E-state index is 10.6. The molecule has 0 bridgehead atoms. The van der Waals surface area contributed by atoms with Gasteiger partial charge in [0.2, 0.25) is 0 Å². The van der Waals surface area contributed by atoms with Gasteiger partial charge in [0.1, 0.15) is 12.6 Å². The van der Waals surface area contributed by atoms with Crippen LogP contribution in [0.4, 0.5) is 22.7 Å². The van der Waals surface area contributed by atoms with Crippen LogP contribution in [0.25, 0.3) is 0 Å². The van der Waals surface area contributed by atoms with Gasteiger partial charge in [-0.15, -0.1) is 0 Å². The Morgan fingerprint density at radius 2 is 0.686 bits per heavy atom. The maximum absolute atomic E-state index is 10.6. The molecule has 8 N–H and O–H groups in total. The van der Waals surface area contributed by atoms with E-state index in [1.165, 1.54) is 24.3 Å². The number of hydrogen-bond acceptors (Lipinski definition) is 8. The fraction of sp³-hybridized carbons (Fsp3) is 0. The van der Waals surface area contributed by atoms with E-state index in [1.54, 1.807) is 48.5 Å². The average molecular weight is 517 g/mol. The molecule has 8 nitrogen and oxygen atoms in total. The first kappa shape index (κ1) is 30.5. The number of para-hydroxylation sites is 6. The zero-order valence-electron chi connectivity index (χ0n) is 18.7. The van der Waals surface area contributed by atoms with Crippen molar-refractivity contribution in [1.82, 2.24) is 0 Å². The molecule has 0 atom stereocenters. The van der Waals surface area contributed by atoms with Crippen molar-refractivity contribution in [3.8, 4) is 11.5 Å². The molecule has 0 saturated carbocycles. The van der Waals surface area contributed by atoms with Crippen molar-refractivity contribution in [2.45, 2.75) is 0 Å². The Bertz CT molecular complexity index is 1050. The van der Waals surface area contributed by atoms with Crippen molar-refractivity contribution in [2.75, 3.05) is 22.9 Å². The summed E-state index contributed by atoms with van der Waals surface area (Å²) in [5.74, 6) is -0.431. The number of carbonyl (C=O) groups is 2. The fourth-order valence-electron chi connectivity index (χ4n) is 2.18. The molecule has 0 saturated heterocycles. The normalized spacial score (nSPS) is 8.69. The first-order valence-electron chi connectivity index (χ1n) is 9.92. The number of aldehydes is 2. The zero-order chi connectivity index (χ0) is 25.3. The van der Waals surface area contributed by atoms with Gasteiger partial charge in [-0.3, -0.25) is 9.59 Å². The minimum absolute atomic E-state index is 0. The summed E-state index contributed by atoms with van der Waals surface area (Å²) >= 11 is 0. The van der Waals surface area contributed by atoms with Gasteiger partial charge in [0.25, 0.3) is 0 Å². The summed E-state index contributed by atoms with van der Waals surface area (Å²) in [5.41, 5.74) is 24.6. The van der Waals surface area contributed by atoms with E-state index in [4.69, 9.17) is 22.9 Å². The molecule has 0 aliphatic heterocycles. The summed E-state index contributed by atoms with van der Waals surface area (Å²) in [4.78, 5) is 20.1. The Morgan fingerprint density at radius 1 is 0.457 bits per heavy atom. The molecule has 0 aliphatic carbocycles. The van der Waals surface area contributed by atoms with Gasteiger partial charge in [-0.2, -0.15) is 0 Å². The van der Waals surface area contributed by atoms with Crippen molar-refractivity contribution < 1.29 is 36.6 Å². The van der Waals surface area contributed by atoms with Crippen LogP contribution in [0.2, 0.25) is 0 Å². The standard InChI is InChI=1S/2C7H6O2.2C6H8N2.Co/c2*8-5-6-3-1-2-4-7(6)9;2*7-5-3-1-2-4-6(5)8;/h2*1-5,9H;2*1-4H,7-8H2;/q;;;;+2/p-2. The fourth-order valence-corrected chi connectivity index (χ4v) is 2.18. The summed E-state index contributed by atoms with van der Waals surface area (Å²) in [6, 6.07) is 26.8. The minimum Gasteiger partial charge on any atom is -0.872 e. The van der Waals surface area contributed by atoms with Crippen LogP contribution < -0.4 is 33.1 Å². The average Bonchev–Trinajstić information content (AvgIpc) is 2.85. The van der Waals surface area contributed by atoms with E-state index < -0.39 is 0 Å². The molecule has 4 aromatic carbocycles. The van der Waals surface area contributed by atoms with Gasteiger partial charge in [-0.05, 0) is 24.3 Å². The second-order valence-corrected chi connectivity index (χ2v) is 6.57. The molecule has 4 rings (SSSR count). The van der Waals surface area contributed by atoms with Gasteiger partial charge in [0.05, 0.1) is 22.7 Å². The third-order valence-electron chi connectivity index (χ3n) is 4.08. The van der Waals surface area contributed by atoms with Gasteiger partial charge in [0.15, 0.2) is 0 Å². The van der Waals surface area contributed by atoms with Crippen molar-refractivity contribution in [3.05, 3.63) is 108 Å². The molecule has 0 heterocycles. The third-order valence-corrected chi connectivity index (χ3v) is 4.08. The van der Waals surface area contributed by atoms with Crippen LogP contribution in [0.3, 0.4) is 0 Å². The molecule has 0 aliphatic rings. The maximum Gasteiger partial charge on any atom is 2.00 e. The van der Waals surface area contributed by atoms with Gasteiger partial charge in [-0.1, -0.05) is 84.3 Å². The largest absolute Gasteiger partial charge is 2.00 e. The van der Waals surface area contributed by atoms with Gasteiger partial charge in [-0.25, -0.2) is 0 Å². The quantitative estimate of drug-likeness (QED) is 0.231. The first-order chi connectivity index (χ1) is 16.3. The van der Waals surface area contributed by atoms with Crippen LogP contribution in [0, 0.1) is 0 Å². The van der Waals surface area contributed by atoms with E-state index in [9.17, 15) is 19.8 Å². The van der Waals surface area contributed by atoms with Crippen LogP contribution >= 0.6 is 0 Å². The smallest absolute Gasteiger partial charge is 0.872 e. The number of anilines is 4. The number of nitrogen functional groups attached to an aromatic ring is 4. The summed E-state index contributed by atoms with van der Waals surface area (Å²) in [5, 5.41) is 21.2. The number of nitrogens with two attached hydrogens (primary N) is 4. The van der Waals surface area contributed by atoms with Gasteiger partial charge in [0, 0.05) is 11.1 Å². The first-order valence-corrected chi connectivity index (χ1v) is 9.92. The second-order valence-electron chi connectivity index (χ2n) is 6.57. The van der Waals surface area contributed by atoms with Crippen molar-refractivity contribution in [1.29, 1.82) is 0 Å². The predicted octanol–water partition coefficient (Wildman–Crippen LogP) is 2.84. The van der Waals surface area contributed by atoms with E-state index in [-0.39, 0.29) is 39.4 Å². The SMILES string of the molecule is Nc1ccccc1N.Nc1ccccc1N.O=Cc1ccccc1[O-].O=Cc1ccccc1[O-].[Co+2]. The number of carbonyl (C=O) groups excluding carboxylic acids is 2. The molecular weight excluding hydrogens is 491 g/mol. The summed E-state index contributed by atoms with van der Waals surface area (Å²) in [6.07, 6.45) is 1.12. The van der Waals surface area contributed by atoms with Crippen LogP contribution in [0.5, 0.6) is 11.5 Å². The van der Waals surface area contributed by atoms with Crippen LogP contribution in [0.1, 0.15) is 20.7 Å². The molecule has 0 amide bonds. The topological polar surface area (TPSA) is 184 Å². The summed E-state index contributed by atoms with van der Waals surface area (Å²) in [6.45, 7) is 0. The summed E-state index contributed by atoms with van der Waals surface area (Å²) < 4.78 is 0. The van der Waals surface area contributed by atoms with Crippen molar-refractivity contribution in [3.63, 3.8) is 0 Å². The molecule has 1 radical (unpaired) electrons. The molecule has 9 heteroatoms. The number of benzene rings is 4. The Morgan fingerprint density at radius 3 is 0.857 bits per heavy atom. The molecule has 0 unspecified atom stereocenters. The predicted molar refractivity (Wildman–Crippen MR) is 133 cm³/mol. The minimum atomic E-state index is -0.215. The molecule has 4 aromatic rings.